The van der Waals surface area contributed by atoms with Crippen molar-refractivity contribution in [2.24, 2.45) is 0 Å². The second kappa shape index (κ2) is 13.3. The molecule has 0 bridgehead atoms. The fraction of sp³-hybridized carbons (Fsp3) is 0. The number of carbonyl (C=O) groups excluding carboxylic acids is 3. The minimum atomic E-state index is -2.07. The van der Waals surface area contributed by atoms with Crippen molar-refractivity contribution in [3.63, 3.8) is 0 Å². The SMILES string of the molecule is O=C([O-])C(=O)O.O=C([O-])C(=O)O.O=C([O-])C(=O)O.[P+3]. The second-order valence-corrected chi connectivity index (χ2v) is 1.78. The summed E-state index contributed by atoms with van der Waals surface area (Å²) in [6, 6.07) is 0. The van der Waals surface area contributed by atoms with Crippen LogP contribution in [0, 0.1) is 0 Å². The maximum Gasteiger partial charge on any atom is 3.00 e. The van der Waals surface area contributed by atoms with Gasteiger partial charge in [-0.1, -0.05) is 0 Å². The van der Waals surface area contributed by atoms with Gasteiger partial charge in [0.15, 0.2) is 17.9 Å². The first-order valence-corrected chi connectivity index (χ1v) is 3.26. The van der Waals surface area contributed by atoms with Crippen LogP contribution in [-0.4, -0.2) is 51.1 Å². The summed E-state index contributed by atoms with van der Waals surface area (Å²) in [6.45, 7) is 0. The third kappa shape index (κ3) is 31.3. The molecule has 0 aliphatic heterocycles. The first-order chi connectivity index (χ1) is 7.93. The molecule has 3 N–H and O–H groups in total. The molecule has 0 amide bonds. The van der Waals surface area contributed by atoms with Crippen molar-refractivity contribution in [3.05, 3.63) is 0 Å². The van der Waals surface area contributed by atoms with Crippen molar-refractivity contribution in [1.82, 2.24) is 0 Å². The van der Waals surface area contributed by atoms with Gasteiger partial charge < -0.3 is 45.0 Å². The smallest absolute Gasteiger partial charge is 0.539 e. The Bertz CT molecular complexity index is 277. The van der Waals surface area contributed by atoms with Gasteiger partial charge in [-0.05, 0) is 0 Å². The number of aliphatic carboxylic acids is 6. The topological polar surface area (TPSA) is 232 Å². The van der Waals surface area contributed by atoms with Crippen LogP contribution in [0.15, 0.2) is 0 Å². The molecule has 2 radical (unpaired) electrons. The van der Waals surface area contributed by atoms with Gasteiger partial charge in [0.1, 0.15) is 0 Å². The molecule has 0 unspecified atom stereocenters. The van der Waals surface area contributed by atoms with Crippen LogP contribution in [0.2, 0.25) is 0 Å². The van der Waals surface area contributed by atoms with E-state index in [-0.39, 0.29) is 9.90 Å². The molecule has 13 heteroatoms. The minimum Gasteiger partial charge on any atom is -0.539 e. The van der Waals surface area contributed by atoms with E-state index in [4.69, 9.17) is 59.4 Å². The van der Waals surface area contributed by atoms with Crippen LogP contribution in [0.1, 0.15) is 0 Å². The fourth-order valence-electron chi connectivity index (χ4n) is 0. The molecule has 0 saturated heterocycles. The van der Waals surface area contributed by atoms with Crippen LogP contribution in [-0.2, 0) is 28.8 Å². The van der Waals surface area contributed by atoms with Crippen molar-refractivity contribution < 1.29 is 59.4 Å². The minimum absolute atomic E-state index is 0. The first-order valence-electron chi connectivity index (χ1n) is 3.26. The zero-order valence-electron chi connectivity index (χ0n) is 8.46. The van der Waals surface area contributed by atoms with Gasteiger partial charge in [-0.15, -0.1) is 0 Å². The molecule has 12 nitrogen and oxygen atoms in total. The van der Waals surface area contributed by atoms with Gasteiger partial charge in [0.05, 0.1) is 0 Å². The van der Waals surface area contributed by atoms with E-state index in [0.29, 0.717) is 0 Å². The largest absolute Gasteiger partial charge is 3.00 e. The number of carboxylic acids is 6. The molecule has 0 saturated carbocycles. The molecule has 0 spiro atoms. The van der Waals surface area contributed by atoms with Gasteiger partial charge in [0, 0.05) is 0 Å². The molecule has 19 heavy (non-hydrogen) atoms. The molecule has 0 heterocycles. The zero-order chi connectivity index (χ0) is 15.5. The fourth-order valence-corrected chi connectivity index (χ4v) is 0. The number of carbonyl (C=O) groups is 6. The number of hydrogen-bond acceptors (Lipinski definition) is 9. The molecule has 0 atom stereocenters. The van der Waals surface area contributed by atoms with Gasteiger partial charge in [-0.25, -0.2) is 14.4 Å². The van der Waals surface area contributed by atoms with Crippen LogP contribution in [0.3, 0.4) is 0 Å². The summed E-state index contributed by atoms with van der Waals surface area (Å²) in [7, 11) is 0. The maximum absolute atomic E-state index is 9.04. The first kappa shape index (κ1) is 25.2. The van der Waals surface area contributed by atoms with Crippen molar-refractivity contribution in [2.75, 3.05) is 0 Å². The third-order valence-electron chi connectivity index (χ3n) is 0.524. The quantitative estimate of drug-likeness (QED) is 0.280. The Kier molecular flexibility index (Phi) is 17.6. The predicted octanol–water partition coefficient (Wildman–Crippen LogP) is -5.68. The Hall–Kier alpha value is -2.75. The van der Waals surface area contributed by atoms with Crippen molar-refractivity contribution in [3.8, 4) is 0 Å². The molecule has 104 valence electrons. The summed E-state index contributed by atoms with van der Waals surface area (Å²) in [5, 5.41) is 49.0. The van der Waals surface area contributed by atoms with Gasteiger partial charge >= 0.3 is 27.8 Å². The van der Waals surface area contributed by atoms with E-state index in [1.165, 1.54) is 0 Å². The van der Waals surface area contributed by atoms with Gasteiger partial charge in [0.25, 0.3) is 0 Å². The van der Waals surface area contributed by atoms with Crippen molar-refractivity contribution in [1.29, 1.82) is 0 Å². The Labute approximate surface area is 106 Å². The van der Waals surface area contributed by atoms with Crippen molar-refractivity contribution >= 4 is 45.7 Å². The number of hydrogen-bond donors (Lipinski definition) is 3. The number of rotatable bonds is 0. The molecule has 0 aromatic heterocycles. The Morgan fingerprint density at radius 3 is 0.579 bits per heavy atom. The van der Waals surface area contributed by atoms with Gasteiger partial charge in [-0.3, -0.25) is 0 Å². The summed E-state index contributed by atoms with van der Waals surface area (Å²) in [5.41, 5.74) is 0. The van der Waals surface area contributed by atoms with Crippen LogP contribution >= 0.6 is 9.90 Å². The maximum atomic E-state index is 9.04. The Morgan fingerprint density at radius 2 is 0.579 bits per heavy atom. The summed E-state index contributed by atoms with van der Waals surface area (Å²) in [4.78, 5) is 54.1. The molecule has 0 aliphatic carbocycles. The van der Waals surface area contributed by atoms with E-state index in [1.54, 1.807) is 0 Å². The molecule has 0 rings (SSSR count). The average Bonchev–Trinajstić information content (AvgIpc) is 2.18. The second-order valence-electron chi connectivity index (χ2n) is 1.78. The van der Waals surface area contributed by atoms with E-state index in [1.807, 2.05) is 0 Å². The number of carboxylic acid groups (broad SMARTS) is 6. The Balaban J connectivity index is -0.0000000865. The summed E-state index contributed by atoms with van der Waals surface area (Å²) < 4.78 is 0. The third-order valence-corrected chi connectivity index (χ3v) is 0.524. The van der Waals surface area contributed by atoms with Crippen LogP contribution < -0.4 is 15.3 Å². The summed E-state index contributed by atoms with van der Waals surface area (Å²) in [6.07, 6.45) is 0. The van der Waals surface area contributed by atoms with Gasteiger partial charge in [0.2, 0.25) is 0 Å². The summed E-state index contributed by atoms with van der Waals surface area (Å²) >= 11 is 0. The molecule has 0 aromatic rings. The molecule has 0 aromatic carbocycles. The van der Waals surface area contributed by atoms with E-state index in [9.17, 15) is 0 Å². The standard InChI is InChI=1S/3C2H2O4.P/c3*3-1(4)2(5)6;/h3*(H,3,4)(H,5,6);/q;;;+3/p-3. The molecular formula is C6H3O12P. The normalized spacial score (nSPS) is 6.95. The predicted molar refractivity (Wildman–Crippen MR) is 44.8 cm³/mol. The summed E-state index contributed by atoms with van der Waals surface area (Å²) in [5.74, 6) is -12.0. The van der Waals surface area contributed by atoms with Crippen molar-refractivity contribution in [2.45, 2.75) is 0 Å². The van der Waals surface area contributed by atoms with Crippen LogP contribution in [0.25, 0.3) is 0 Å². The van der Waals surface area contributed by atoms with E-state index in [2.05, 4.69) is 0 Å². The van der Waals surface area contributed by atoms with E-state index in [0.717, 1.165) is 0 Å². The molecular weight excluding hydrogens is 295 g/mol. The van der Waals surface area contributed by atoms with Gasteiger partial charge in [-0.2, -0.15) is 0 Å². The average molecular weight is 298 g/mol. The van der Waals surface area contributed by atoms with Crippen LogP contribution in [0.5, 0.6) is 0 Å². The van der Waals surface area contributed by atoms with Crippen LogP contribution in [0.4, 0.5) is 0 Å². The molecule has 0 aliphatic rings. The monoisotopic (exact) mass is 298 g/mol. The van der Waals surface area contributed by atoms with E-state index >= 15 is 0 Å². The van der Waals surface area contributed by atoms with E-state index < -0.39 is 35.8 Å². The zero-order valence-corrected chi connectivity index (χ0v) is 9.36. The molecule has 0 fully saturated rings. The Morgan fingerprint density at radius 1 is 0.526 bits per heavy atom.